The molecule has 43 heavy (non-hydrogen) atoms. The second-order valence-corrected chi connectivity index (χ2v) is 13.1. The van der Waals surface area contributed by atoms with Crippen molar-refractivity contribution in [2.24, 2.45) is 17.6 Å². The van der Waals surface area contributed by atoms with E-state index in [-0.39, 0.29) is 36.4 Å². The lowest BCUT2D eigenvalue weighted by Gasteiger charge is -2.40. The van der Waals surface area contributed by atoms with Crippen molar-refractivity contribution < 1.29 is 9.53 Å². The zero-order valence-electron chi connectivity index (χ0n) is 25.6. The summed E-state index contributed by atoms with van der Waals surface area (Å²) in [6, 6.07) is 17.9. The molecule has 232 valence electrons. The molecule has 2 aromatic carbocycles. The number of nitrogens with two attached hydrogens (primary N) is 1. The summed E-state index contributed by atoms with van der Waals surface area (Å²) in [7, 11) is 0. The fourth-order valence-electron chi connectivity index (χ4n) is 7.93. The van der Waals surface area contributed by atoms with Gasteiger partial charge in [-0.25, -0.2) is 9.59 Å². The fourth-order valence-corrected chi connectivity index (χ4v) is 7.93. The summed E-state index contributed by atoms with van der Waals surface area (Å²) in [5, 5.41) is 0. The SMILES string of the molecule is NC[C@H]1CN(CC2CCCCCCC2)CC[C@H]1n1c(=O)n(C[C@@H]2CCCN2C(=O)OCc2ccccc2)c2ccccc21. The number of fused-ring (bicyclic) bond motifs is 1. The van der Waals surface area contributed by atoms with Gasteiger partial charge >= 0.3 is 11.8 Å². The highest BCUT2D eigenvalue weighted by atomic mass is 16.6. The Labute approximate surface area is 255 Å². The predicted molar refractivity (Wildman–Crippen MR) is 171 cm³/mol. The predicted octanol–water partition coefficient (Wildman–Crippen LogP) is 5.79. The van der Waals surface area contributed by atoms with Crippen molar-refractivity contribution in [3.8, 4) is 0 Å². The summed E-state index contributed by atoms with van der Waals surface area (Å²) in [6.45, 7) is 5.07. The zero-order chi connectivity index (χ0) is 29.6. The molecule has 6 rings (SSSR count). The van der Waals surface area contributed by atoms with Crippen molar-refractivity contribution in [3.63, 3.8) is 0 Å². The van der Waals surface area contributed by atoms with Crippen LogP contribution < -0.4 is 11.4 Å². The van der Waals surface area contributed by atoms with E-state index in [1.54, 1.807) is 0 Å². The van der Waals surface area contributed by atoms with Crippen LogP contribution in [-0.2, 0) is 17.9 Å². The van der Waals surface area contributed by atoms with Gasteiger partial charge in [0, 0.05) is 44.7 Å². The standard InChI is InChI=1S/C35H49N5O3/c36-22-29-24-37(23-27-12-5-2-1-3-6-13-27)21-19-31(29)40-33-18-10-9-17-32(33)39(34(40)41)25-30-16-11-20-38(30)35(42)43-26-28-14-7-4-8-15-28/h4,7-10,14-15,17-18,27,29-31H,1-3,5-6,11-13,16,19-26,36H2/t29-,30-,31+/m0/s1. The number of likely N-dealkylation sites (tertiary alicyclic amines) is 2. The molecule has 3 fully saturated rings. The molecule has 0 radical (unpaired) electrons. The van der Waals surface area contributed by atoms with Gasteiger partial charge < -0.3 is 20.3 Å². The molecule has 8 heteroatoms. The summed E-state index contributed by atoms with van der Waals surface area (Å²) in [4.78, 5) is 31.8. The Hall–Kier alpha value is -3.10. The highest BCUT2D eigenvalue weighted by Gasteiger charge is 2.35. The number of nitrogens with zero attached hydrogens (tertiary/aromatic N) is 4. The molecule has 8 nitrogen and oxygen atoms in total. The van der Waals surface area contributed by atoms with Gasteiger partial charge in [-0.2, -0.15) is 0 Å². The lowest BCUT2D eigenvalue weighted by Crippen LogP contribution is -2.48. The van der Waals surface area contributed by atoms with Crippen LogP contribution in [0, 0.1) is 11.8 Å². The number of hydrogen-bond donors (Lipinski definition) is 1. The number of piperidine rings is 1. The minimum Gasteiger partial charge on any atom is -0.445 e. The van der Waals surface area contributed by atoms with Gasteiger partial charge in [0.1, 0.15) is 6.61 Å². The number of para-hydroxylation sites is 2. The molecule has 1 aromatic heterocycles. The number of imidazole rings is 1. The van der Waals surface area contributed by atoms with Crippen LogP contribution in [0.1, 0.15) is 75.8 Å². The fraction of sp³-hybridized carbons (Fsp3) is 0.600. The van der Waals surface area contributed by atoms with E-state index >= 15 is 0 Å². The number of benzene rings is 2. The molecule has 1 saturated carbocycles. The Morgan fingerprint density at radius 2 is 1.53 bits per heavy atom. The maximum Gasteiger partial charge on any atom is 0.410 e. The number of aromatic nitrogens is 2. The van der Waals surface area contributed by atoms with Crippen molar-refractivity contribution >= 4 is 17.1 Å². The summed E-state index contributed by atoms with van der Waals surface area (Å²) in [6.07, 6.45) is 12.0. The quantitative estimate of drug-likeness (QED) is 0.361. The second-order valence-electron chi connectivity index (χ2n) is 13.1. The molecule has 0 unspecified atom stereocenters. The molecule has 0 spiro atoms. The minimum absolute atomic E-state index is 0.0163. The lowest BCUT2D eigenvalue weighted by atomic mass is 9.88. The Morgan fingerprint density at radius 1 is 0.814 bits per heavy atom. The summed E-state index contributed by atoms with van der Waals surface area (Å²) in [5.74, 6) is 1.02. The van der Waals surface area contributed by atoms with Crippen LogP contribution in [0.4, 0.5) is 4.79 Å². The van der Waals surface area contributed by atoms with Gasteiger partial charge in [-0.15, -0.1) is 0 Å². The maximum absolute atomic E-state index is 14.2. The Bertz CT molecular complexity index is 1390. The smallest absolute Gasteiger partial charge is 0.410 e. The average Bonchev–Trinajstić information content (AvgIpc) is 3.60. The van der Waals surface area contributed by atoms with Gasteiger partial charge in [0.2, 0.25) is 0 Å². The van der Waals surface area contributed by atoms with Gasteiger partial charge in [0.25, 0.3) is 0 Å². The summed E-state index contributed by atoms with van der Waals surface area (Å²) in [5.41, 5.74) is 9.31. The molecule has 3 aromatic rings. The average molecular weight is 588 g/mol. The van der Waals surface area contributed by atoms with Crippen molar-refractivity contribution in [1.29, 1.82) is 0 Å². The first-order valence-corrected chi connectivity index (χ1v) is 16.7. The lowest BCUT2D eigenvalue weighted by molar-refractivity contribution is 0.0891. The van der Waals surface area contributed by atoms with Crippen LogP contribution >= 0.6 is 0 Å². The molecule has 2 N–H and O–H groups in total. The number of carbonyl (C=O) groups excluding carboxylic acids is 1. The summed E-state index contributed by atoms with van der Waals surface area (Å²) >= 11 is 0. The van der Waals surface area contributed by atoms with E-state index in [2.05, 4.69) is 11.0 Å². The van der Waals surface area contributed by atoms with Crippen molar-refractivity contribution in [1.82, 2.24) is 18.9 Å². The third-order valence-corrected chi connectivity index (χ3v) is 10.2. The van der Waals surface area contributed by atoms with Crippen LogP contribution in [-0.4, -0.2) is 63.8 Å². The molecule has 0 bridgehead atoms. The van der Waals surface area contributed by atoms with Crippen molar-refractivity contribution in [2.75, 3.05) is 32.7 Å². The number of carbonyl (C=O) groups is 1. The second kappa shape index (κ2) is 14.1. The third kappa shape index (κ3) is 6.86. The van der Waals surface area contributed by atoms with Crippen LogP contribution in [0.5, 0.6) is 0 Å². The van der Waals surface area contributed by atoms with Crippen LogP contribution in [0.2, 0.25) is 0 Å². The normalized spacial score (nSPS) is 24.2. The molecule has 2 aliphatic heterocycles. The molecular formula is C35H49N5O3. The van der Waals surface area contributed by atoms with Gasteiger partial charge in [-0.05, 0) is 62.3 Å². The highest BCUT2D eigenvalue weighted by Crippen LogP contribution is 2.32. The van der Waals surface area contributed by atoms with Crippen LogP contribution in [0.15, 0.2) is 59.4 Å². The Balaban J connectivity index is 1.17. The zero-order valence-corrected chi connectivity index (χ0v) is 25.6. The van der Waals surface area contributed by atoms with E-state index in [1.807, 2.05) is 62.6 Å². The first-order valence-electron chi connectivity index (χ1n) is 16.7. The van der Waals surface area contributed by atoms with Gasteiger partial charge in [0.05, 0.1) is 17.1 Å². The van der Waals surface area contributed by atoms with Crippen LogP contribution in [0.25, 0.3) is 11.0 Å². The molecule has 3 heterocycles. The van der Waals surface area contributed by atoms with E-state index in [9.17, 15) is 9.59 Å². The van der Waals surface area contributed by atoms with Gasteiger partial charge in [0.15, 0.2) is 0 Å². The number of amides is 1. The molecular weight excluding hydrogens is 538 g/mol. The number of hydrogen-bond acceptors (Lipinski definition) is 5. The topological polar surface area (TPSA) is 85.7 Å². The molecule has 2 saturated heterocycles. The maximum atomic E-state index is 14.2. The first-order chi connectivity index (χ1) is 21.1. The van der Waals surface area contributed by atoms with Gasteiger partial charge in [-0.1, -0.05) is 74.6 Å². The van der Waals surface area contributed by atoms with E-state index in [0.717, 1.165) is 61.4 Å². The van der Waals surface area contributed by atoms with Crippen molar-refractivity contribution in [3.05, 3.63) is 70.6 Å². The molecule has 3 aliphatic rings. The van der Waals surface area contributed by atoms with E-state index in [1.165, 1.54) is 44.9 Å². The van der Waals surface area contributed by atoms with E-state index in [4.69, 9.17) is 10.5 Å². The molecule has 3 atom stereocenters. The Morgan fingerprint density at radius 3 is 2.30 bits per heavy atom. The highest BCUT2D eigenvalue weighted by molar-refractivity contribution is 5.76. The summed E-state index contributed by atoms with van der Waals surface area (Å²) < 4.78 is 9.61. The first kappa shape index (κ1) is 29.9. The minimum atomic E-state index is -0.303. The van der Waals surface area contributed by atoms with Crippen molar-refractivity contribution in [2.45, 2.75) is 89.4 Å². The van der Waals surface area contributed by atoms with E-state index < -0.39 is 0 Å². The van der Waals surface area contributed by atoms with E-state index in [0.29, 0.717) is 19.6 Å². The number of rotatable bonds is 8. The van der Waals surface area contributed by atoms with Crippen LogP contribution in [0.3, 0.4) is 0 Å². The largest absolute Gasteiger partial charge is 0.445 e. The molecule has 1 aliphatic carbocycles. The van der Waals surface area contributed by atoms with Gasteiger partial charge in [-0.3, -0.25) is 9.13 Å². The monoisotopic (exact) mass is 587 g/mol. The third-order valence-electron chi connectivity index (χ3n) is 10.2. The number of ether oxygens (including phenoxy) is 1. The Kier molecular flexibility index (Phi) is 9.84. The molecule has 1 amide bonds.